The van der Waals surface area contributed by atoms with E-state index in [4.69, 9.17) is 51.8 Å². The molecule has 0 unspecified atom stereocenters. The molecule has 1 aromatic heterocycles. The summed E-state index contributed by atoms with van der Waals surface area (Å²) in [6.45, 7) is 0. The van der Waals surface area contributed by atoms with Gasteiger partial charge in [-0.25, -0.2) is 0 Å². The van der Waals surface area contributed by atoms with Crippen LogP contribution in [0.1, 0.15) is 22.3 Å². The Morgan fingerprint density at radius 3 is 1.58 bits per heavy atom. The molecule has 0 atom stereocenters. The van der Waals surface area contributed by atoms with Crippen LogP contribution < -0.4 is 0 Å². The number of halogens is 6. The predicted octanol–water partition coefficient (Wildman–Crippen LogP) is 12.0. The molecule has 0 aliphatic heterocycles. The summed E-state index contributed by atoms with van der Waals surface area (Å²) in [6.07, 6.45) is 3.63. The highest BCUT2D eigenvalue weighted by Gasteiger charge is 2.07. The molecular weight excluding hydrogens is 900 g/mol. The zero-order valence-corrected chi connectivity index (χ0v) is 34.3. The van der Waals surface area contributed by atoms with Gasteiger partial charge in [-0.3, -0.25) is 5.41 Å². The number of nitrogens with zero attached hydrogens (tertiary/aromatic N) is 2. The van der Waals surface area contributed by atoms with E-state index in [0.29, 0.717) is 26.2 Å². The first-order chi connectivity index (χ1) is 24.7. The zero-order chi connectivity index (χ0) is 37.3. The van der Waals surface area contributed by atoms with Crippen molar-refractivity contribution in [1.29, 1.82) is 15.9 Å². The van der Waals surface area contributed by atoms with Crippen LogP contribution in [0.3, 0.4) is 0 Å². The SMILES string of the molecule is Br.N#C/C(=C\c1cccc(Cl)c1)c1ccc(Cl)cc1.N#C/C(=C\c1cccc(Cl)c1)c1cscc1Br.N=C(Cl)C#CC#CC#CC#CC#CC#CS. The van der Waals surface area contributed by atoms with E-state index in [9.17, 15) is 10.5 Å². The number of rotatable bonds is 4. The first-order valence-electron chi connectivity index (χ1n) is 13.8. The summed E-state index contributed by atoms with van der Waals surface area (Å²) in [6, 6.07) is 26.4. The van der Waals surface area contributed by atoms with Gasteiger partial charge in [-0.2, -0.15) is 21.9 Å². The molecule has 0 radical (unpaired) electrons. The molecule has 0 bridgehead atoms. The van der Waals surface area contributed by atoms with Crippen LogP contribution >= 0.6 is 103 Å². The van der Waals surface area contributed by atoms with Crippen molar-refractivity contribution >= 4 is 132 Å². The van der Waals surface area contributed by atoms with Crippen LogP contribution in [0.5, 0.6) is 0 Å². The largest absolute Gasteiger partial charge is 0.282 e. The number of hydrogen-bond acceptors (Lipinski definition) is 5. The molecule has 1 heterocycles. The second kappa shape index (κ2) is 27.0. The Morgan fingerprint density at radius 1 is 0.673 bits per heavy atom. The van der Waals surface area contributed by atoms with Crippen molar-refractivity contribution in [3.8, 4) is 82.5 Å². The lowest BCUT2D eigenvalue weighted by Gasteiger charge is -2.00. The highest BCUT2D eigenvalue weighted by Crippen LogP contribution is 2.29. The molecule has 4 aromatic rings. The Kier molecular flexibility index (Phi) is 23.6. The maximum atomic E-state index is 9.20. The van der Waals surface area contributed by atoms with Gasteiger partial charge < -0.3 is 0 Å². The molecule has 3 nitrogen and oxygen atoms in total. The van der Waals surface area contributed by atoms with Gasteiger partial charge >= 0.3 is 0 Å². The van der Waals surface area contributed by atoms with E-state index in [0.717, 1.165) is 26.7 Å². The number of allylic oxidation sites excluding steroid dienone is 2. The fourth-order valence-electron chi connectivity index (χ4n) is 3.34. The average molecular weight is 919 g/mol. The zero-order valence-electron chi connectivity index (χ0n) is 26.3. The summed E-state index contributed by atoms with van der Waals surface area (Å²) in [5, 5.41) is 33.1. The van der Waals surface area contributed by atoms with E-state index >= 15 is 0 Å². The molecule has 0 saturated heterocycles. The van der Waals surface area contributed by atoms with Gasteiger partial charge in [0.2, 0.25) is 0 Å². The lowest BCUT2D eigenvalue weighted by atomic mass is 10.0. The average Bonchev–Trinajstić information content (AvgIpc) is 3.55. The third kappa shape index (κ3) is 19.1. The number of nitrogens with one attached hydrogen (secondary N) is 1. The summed E-state index contributed by atoms with van der Waals surface area (Å²) in [7, 11) is 0. The van der Waals surface area contributed by atoms with Crippen molar-refractivity contribution in [2.75, 3.05) is 0 Å². The Balaban J connectivity index is 0.000000387. The number of thiophene rings is 1. The Bertz CT molecular complexity index is 2420. The smallest absolute Gasteiger partial charge is 0.173 e. The standard InChI is InChI=1S/C15H9Cl2N.C13H7BrClNS.C13H2ClNS.BrH/c16-14-6-4-12(5-7-14)13(10-18)8-11-2-1-3-15(17)9-11;14-13-8-17-7-12(13)10(6-16)4-9-2-1-3-11(15)5-9;14-13(15)11-9-7-5-3-1-2-4-6-8-10-12-16;/h1-9H;1-5,7-8H;15-16H;1H/b13-8+;10-4+;;. The Morgan fingerprint density at radius 2 is 1.15 bits per heavy atom. The molecule has 3 aromatic carbocycles. The van der Waals surface area contributed by atoms with Crippen LogP contribution in [-0.2, 0) is 0 Å². The number of benzene rings is 3. The van der Waals surface area contributed by atoms with Crippen LogP contribution in [0.25, 0.3) is 23.3 Å². The highest BCUT2D eigenvalue weighted by atomic mass is 79.9. The van der Waals surface area contributed by atoms with Crippen LogP contribution in [0.15, 0.2) is 88.0 Å². The quantitative estimate of drug-likeness (QED) is 0.0704. The minimum Gasteiger partial charge on any atom is -0.282 e. The van der Waals surface area contributed by atoms with Gasteiger partial charge in [-0.1, -0.05) is 95.4 Å². The lowest BCUT2D eigenvalue weighted by Crippen LogP contribution is -1.81. The lowest BCUT2D eigenvalue weighted by molar-refractivity contribution is 1.52. The first-order valence-corrected chi connectivity index (χ1v) is 17.5. The molecule has 4 rings (SSSR count). The summed E-state index contributed by atoms with van der Waals surface area (Å²) >= 11 is 31.4. The van der Waals surface area contributed by atoms with Gasteiger partial charge in [0.15, 0.2) is 5.17 Å². The van der Waals surface area contributed by atoms with E-state index in [1.54, 1.807) is 35.6 Å². The van der Waals surface area contributed by atoms with E-state index in [1.165, 1.54) is 0 Å². The number of nitriles is 2. The van der Waals surface area contributed by atoms with Gasteiger partial charge in [0.05, 0.1) is 23.3 Å². The maximum Gasteiger partial charge on any atom is 0.173 e. The molecular formula is C41H19Br2Cl4N3S2. The van der Waals surface area contributed by atoms with E-state index < -0.39 is 0 Å². The molecule has 0 amide bonds. The predicted molar refractivity (Wildman–Crippen MR) is 233 cm³/mol. The normalized spacial score (nSPS) is 8.92. The van der Waals surface area contributed by atoms with Gasteiger partial charge in [0.1, 0.15) is 0 Å². The first kappa shape index (κ1) is 45.3. The van der Waals surface area contributed by atoms with Crippen LogP contribution in [0.4, 0.5) is 0 Å². The Labute approximate surface area is 352 Å². The van der Waals surface area contributed by atoms with Crippen LogP contribution in [-0.4, -0.2) is 5.17 Å². The Hall–Kier alpha value is -4.68. The minimum atomic E-state index is -0.261. The van der Waals surface area contributed by atoms with Gasteiger partial charge in [-0.05, 0) is 152 Å². The second-order valence-corrected chi connectivity index (χ2v) is 12.4. The summed E-state index contributed by atoms with van der Waals surface area (Å²) in [4.78, 5) is 0. The molecule has 252 valence electrons. The third-order valence-electron chi connectivity index (χ3n) is 5.41. The van der Waals surface area contributed by atoms with Crippen molar-refractivity contribution < 1.29 is 0 Å². The van der Waals surface area contributed by atoms with Gasteiger partial charge in [0, 0.05) is 35.9 Å². The molecule has 0 fully saturated rings. The maximum absolute atomic E-state index is 9.20. The van der Waals surface area contributed by atoms with E-state index in [-0.39, 0.29) is 22.2 Å². The fraction of sp³-hybridized carbons (Fsp3) is 0. The van der Waals surface area contributed by atoms with Crippen molar-refractivity contribution in [1.82, 2.24) is 0 Å². The minimum absolute atomic E-state index is 0. The van der Waals surface area contributed by atoms with Crippen molar-refractivity contribution in [2.24, 2.45) is 0 Å². The molecule has 0 spiro atoms. The molecule has 0 saturated carbocycles. The third-order valence-corrected chi connectivity index (χ3v) is 8.04. The fourth-order valence-corrected chi connectivity index (χ4v) is 5.48. The molecule has 11 heteroatoms. The van der Waals surface area contributed by atoms with Gasteiger partial charge in [-0.15, -0.1) is 17.0 Å². The van der Waals surface area contributed by atoms with Crippen LogP contribution in [0, 0.1) is 98.4 Å². The van der Waals surface area contributed by atoms with E-state index in [1.807, 2.05) is 71.4 Å². The summed E-state index contributed by atoms with van der Waals surface area (Å²) < 4.78 is 0.942. The summed E-state index contributed by atoms with van der Waals surface area (Å²) in [5.74, 6) is 26.4. The number of hydrogen-bond donors (Lipinski definition) is 2. The van der Waals surface area contributed by atoms with Gasteiger partial charge in [0.25, 0.3) is 0 Å². The highest BCUT2D eigenvalue weighted by molar-refractivity contribution is 9.10. The van der Waals surface area contributed by atoms with E-state index in [2.05, 4.69) is 111 Å². The molecule has 1 N–H and O–H groups in total. The summed E-state index contributed by atoms with van der Waals surface area (Å²) in [5.41, 5.74) is 4.77. The molecule has 52 heavy (non-hydrogen) atoms. The molecule has 0 aliphatic rings. The van der Waals surface area contributed by atoms with Crippen molar-refractivity contribution in [2.45, 2.75) is 0 Å². The monoisotopic (exact) mass is 915 g/mol. The molecule has 0 aliphatic carbocycles. The second-order valence-electron chi connectivity index (χ2n) is 8.89. The van der Waals surface area contributed by atoms with Crippen molar-refractivity contribution in [3.05, 3.63) is 125 Å². The number of thiol groups is 1. The topological polar surface area (TPSA) is 71.4 Å². The van der Waals surface area contributed by atoms with Crippen molar-refractivity contribution in [3.63, 3.8) is 0 Å². The van der Waals surface area contributed by atoms with Crippen LogP contribution in [0.2, 0.25) is 15.1 Å².